The molecule has 2 aliphatic rings. The second kappa shape index (κ2) is 4.78. The fourth-order valence-corrected chi connectivity index (χ4v) is 3.70. The van der Waals surface area contributed by atoms with E-state index in [0.717, 1.165) is 24.2 Å². The highest BCUT2D eigenvalue weighted by atomic mass is 19.1. The minimum Gasteiger partial charge on any atom is -0.486 e. The normalized spacial score (nSPS) is 33.8. The summed E-state index contributed by atoms with van der Waals surface area (Å²) < 4.78 is 19.8. The number of ether oxygens (including phenoxy) is 1. The maximum atomic E-state index is 13.5. The zero-order valence-electron chi connectivity index (χ0n) is 11.7. The Hall–Kier alpha value is -1.09. The van der Waals surface area contributed by atoms with Crippen LogP contribution < -0.4 is 10.1 Å². The highest BCUT2D eigenvalue weighted by molar-refractivity contribution is 5.39. The smallest absolute Gasteiger partial charge is 0.127 e. The molecule has 3 unspecified atom stereocenters. The van der Waals surface area contributed by atoms with Crippen LogP contribution in [0.4, 0.5) is 4.39 Å². The molecule has 0 amide bonds. The molecular formula is C16H22FNO. The fourth-order valence-electron chi connectivity index (χ4n) is 3.70. The Morgan fingerprint density at radius 3 is 2.95 bits per heavy atom. The Kier molecular flexibility index (Phi) is 3.25. The number of hydrogen-bond donors (Lipinski definition) is 1. The van der Waals surface area contributed by atoms with Crippen LogP contribution in [0.1, 0.15) is 50.6 Å². The molecule has 19 heavy (non-hydrogen) atoms. The quantitative estimate of drug-likeness (QED) is 0.831. The number of hydrogen-bond acceptors (Lipinski definition) is 2. The van der Waals surface area contributed by atoms with E-state index in [1.165, 1.54) is 25.3 Å². The van der Waals surface area contributed by atoms with Crippen LogP contribution in [0.5, 0.6) is 5.75 Å². The van der Waals surface area contributed by atoms with Crippen molar-refractivity contribution in [3.05, 3.63) is 29.6 Å². The standard InChI is InChI=1S/C16H22FNO/c1-11-5-3-4-8-16(11)10-14(18-2)13-7-6-12(17)9-15(13)19-16/h6-7,9,11,14,18H,3-5,8,10H2,1-2H3. The zero-order chi connectivity index (χ0) is 13.5. The van der Waals surface area contributed by atoms with E-state index in [2.05, 4.69) is 12.2 Å². The lowest BCUT2D eigenvalue weighted by Gasteiger charge is -2.48. The second-order valence-corrected chi connectivity index (χ2v) is 6.04. The lowest BCUT2D eigenvalue weighted by Crippen LogP contribution is -2.50. The SMILES string of the molecule is CNC1CC2(CCCCC2C)Oc2cc(F)ccc21. The average Bonchev–Trinajstić information content (AvgIpc) is 2.41. The minimum atomic E-state index is -0.214. The van der Waals surface area contributed by atoms with Crippen molar-refractivity contribution in [2.75, 3.05) is 7.05 Å². The Labute approximate surface area is 114 Å². The first-order chi connectivity index (χ1) is 9.14. The van der Waals surface area contributed by atoms with E-state index in [0.29, 0.717) is 5.92 Å². The third kappa shape index (κ3) is 2.14. The van der Waals surface area contributed by atoms with Crippen molar-refractivity contribution < 1.29 is 9.13 Å². The molecule has 1 aliphatic heterocycles. The van der Waals surface area contributed by atoms with E-state index in [1.54, 1.807) is 6.07 Å². The summed E-state index contributed by atoms with van der Waals surface area (Å²) in [5.41, 5.74) is 0.986. The molecule has 1 aromatic carbocycles. The van der Waals surface area contributed by atoms with Gasteiger partial charge in [-0.1, -0.05) is 19.4 Å². The molecule has 1 N–H and O–H groups in total. The molecule has 0 saturated heterocycles. The van der Waals surface area contributed by atoms with Crippen LogP contribution in [0.15, 0.2) is 18.2 Å². The summed E-state index contributed by atoms with van der Waals surface area (Å²) in [6.07, 6.45) is 5.78. The maximum absolute atomic E-state index is 13.5. The molecular weight excluding hydrogens is 241 g/mol. The molecule has 0 radical (unpaired) electrons. The van der Waals surface area contributed by atoms with Gasteiger partial charge in [0.25, 0.3) is 0 Å². The predicted molar refractivity (Wildman–Crippen MR) is 73.8 cm³/mol. The molecule has 1 heterocycles. The lowest BCUT2D eigenvalue weighted by molar-refractivity contribution is -0.0439. The molecule has 1 spiro atoms. The fraction of sp³-hybridized carbons (Fsp3) is 0.625. The van der Waals surface area contributed by atoms with E-state index in [9.17, 15) is 4.39 Å². The van der Waals surface area contributed by atoms with Gasteiger partial charge in [-0.15, -0.1) is 0 Å². The van der Waals surface area contributed by atoms with Gasteiger partial charge in [0.05, 0.1) is 0 Å². The van der Waals surface area contributed by atoms with E-state index >= 15 is 0 Å². The maximum Gasteiger partial charge on any atom is 0.127 e. The van der Waals surface area contributed by atoms with Gasteiger partial charge in [0.1, 0.15) is 17.2 Å². The van der Waals surface area contributed by atoms with Crippen LogP contribution in [0.2, 0.25) is 0 Å². The number of fused-ring (bicyclic) bond motifs is 1. The summed E-state index contributed by atoms with van der Waals surface area (Å²) in [5, 5.41) is 3.37. The van der Waals surface area contributed by atoms with Crippen LogP contribution >= 0.6 is 0 Å². The topological polar surface area (TPSA) is 21.3 Å². The summed E-state index contributed by atoms with van der Waals surface area (Å²) in [6, 6.07) is 5.19. The zero-order valence-corrected chi connectivity index (χ0v) is 11.7. The molecule has 1 saturated carbocycles. The first kappa shape index (κ1) is 12.9. The number of benzene rings is 1. The number of halogens is 1. The minimum absolute atomic E-state index is 0.104. The highest BCUT2D eigenvalue weighted by Gasteiger charge is 2.45. The van der Waals surface area contributed by atoms with Gasteiger partial charge >= 0.3 is 0 Å². The van der Waals surface area contributed by atoms with E-state index < -0.39 is 0 Å². The molecule has 2 nitrogen and oxygen atoms in total. The summed E-state index contributed by atoms with van der Waals surface area (Å²) in [7, 11) is 1.98. The summed E-state index contributed by atoms with van der Waals surface area (Å²) in [4.78, 5) is 0. The highest BCUT2D eigenvalue weighted by Crippen LogP contribution is 2.48. The molecule has 1 fully saturated rings. The van der Waals surface area contributed by atoms with Crippen LogP contribution in [0.3, 0.4) is 0 Å². The van der Waals surface area contributed by atoms with Crippen molar-refractivity contribution in [2.24, 2.45) is 5.92 Å². The first-order valence-electron chi connectivity index (χ1n) is 7.30. The molecule has 3 atom stereocenters. The van der Waals surface area contributed by atoms with Crippen LogP contribution in [-0.4, -0.2) is 12.6 Å². The molecule has 104 valence electrons. The van der Waals surface area contributed by atoms with E-state index in [4.69, 9.17) is 4.74 Å². The van der Waals surface area contributed by atoms with Gasteiger partial charge in [-0.2, -0.15) is 0 Å². The third-order valence-corrected chi connectivity index (χ3v) is 4.95. The van der Waals surface area contributed by atoms with Crippen molar-refractivity contribution in [3.8, 4) is 5.75 Å². The largest absolute Gasteiger partial charge is 0.486 e. The summed E-state index contributed by atoms with van der Waals surface area (Å²) in [5.74, 6) is 1.06. The van der Waals surface area contributed by atoms with Crippen molar-refractivity contribution in [1.82, 2.24) is 5.32 Å². The van der Waals surface area contributed by atoms with Crippen molar-refractivity contribution in [2.45, 2.75) is 50.7 Å². The molecule has 1 aliphatic carbocycles. The number of nitrogens with one attached hydrogen (secondary N) is 1. The molecule has 3 heteroatoms. The molecule has 0 aromatic heterocycles. The monoisotopic (exact) mass is 263 g/mol. The van der Waals surface area contributed by atoms with Gasteiger partial charge < -0.3 is 10.1 Å². The van der Waals surface area contributed by atoms with Gasteiger partial charge in [-0.25, -0.2) is 4.39 Å². The second-order valence-electron chi connectivity index (χ2n) is 6.04. The van der Waals surface area contributed by atoms with Crippen molar-refractivity contribution in [3.63, 3.8) is 0 Å². The van der Waals surface area contributed by atoms with Crippen LogP contribution in [0.25, 0.3) is 0 Å². The van der Waals surface area contributed by atoms with Gasteiger partial charge in [0, 0.05) is 24.1 Å². The van der Waals surface area contributed by atoms with Crippen molar-refractivity contribution >= 4 is 0 Å². The molecule has 3 rings (SSSR count). The average molecular weight is 263 g/mol. The Bertz CT molecular complexity index is 476. The van der Waals surface area contributed by atoms with Gasteiger partial charge in [-0.05, 0) is 38.3 Å². The van der Waals surface area contributed by atoms with Crippen LogP contribution in [0, 0.1) is 11.7 Å². The van der Waals surface area contributed by atoms with E-state index in [-0.39, 0.29) is 17.5 Å². The van der Waals surface area contributed by atoms with E-state index in [1.807, 2.05) is 13.1 Å². The predicted octanol–water partition coefficient (Wildman–Crippen LogP) is 3.82. The summed E-state index contributed by atoms with van der Waals surface area (Å²) >= 11 is 0. The third-order valence-electron chi connectivity index (χ3n) is 4.95. The van der Waals surface area contributed by atoms with Crippen LogP contribution in [-0.2, 0) is 0 Å². The van der Waals surface area contributed by atoms with Gasteiger partial charge in [-0.3, -0.25) is 0 Å². The Morgan fingerprint density at radius 1 is 1.37 bits per heavy atom. The van der Waals surface area contributed by atoms with Crippen molar-refractivity contribution in [1.29, 1.82) is 0 Å². The van der Waals surface area contributed by atoms with Gasteiger partial charge in [0.2, 0.25) is 0 Å². The van der Waals surface area contributed by atoms with Gasteiger partial charge in [0.15, 0.2) is 0 Å². The Balaban J connectivity index is 2.00. The Morgan fingerprint density at radius 2 is 2.21 bits per heavy atom. The molecule has 1 aromatic rings. The summed E-state index contributed by atoms with van der Waals surface area (Å²) in [6.45, 7) is 2.27. The lowest BCUT2D eigenvalue weighted by atomic mass is 9.71. The molecule has 0 bridgehead atoms. The number of rotatable bonds is 1. The first-order valence-corrected chi connectivity index (χ1v) is 7.30.